The Balaban J connectivity index is 1.69. The van der Waals surface area contributed by atoms with Crippen LogP contribution in [-0.4, -0.2) is 53.2 Å². The van der Waals surface area contributed by atoms with E-state index in [1.165, 1.54) is 36.4 Å². The third-order valence-electron chi connectivity index (χ3n) is 6.59. The number of benzene rings is 5. The van der Waals surface area contributed by atoms with E-state index in [1.807, 2.05) is 0 Å². The molecule has 234 valence electrons. The largest absolute Gasteiger partial charge is 0.505 e. The fourth-order valence-corrected chi connectivity index (χ4v) is 5.59. The van der Waals surface area contributed by atoms with Gasteiger partial charge in [0.1, 0.15) is 16.3 Å². The van der Waals surface area contributed by atoms with E-state index in [-0.39, 0.29) is 49.9 Å². The van der Waals surface area contributed by atoms with E-state index in [1.54, 1.807) is 0 Å². The Kier molecular flexibility index (Phi) is 7.97. The number of hydrogen-bond acceptors (Lipinski definition) is 12. The molecule has 0 atom stereocenters. The first-order valence-electron chi connectivity index (χ1n) is 12.6. The lowest BCUT2D eigenvalue weighted by atomic mass is 10.1. The van der Waals surface area contributed by atoms with Gasteiger partial charge in [-0.05, 0) is 66.0 Å². The Morgan fingerprint density at radius 3 is 1.89 bits per heavy atom. The maximum absolute atomic E-state index is 12.2. The predicted octanol–water partition coefficient (Wildman–Crippen LogP) is 6.00. The number of anilines is 1. The number of aromatic carboxylic acids is 2. The molecule has 46 heavy (non-hydrogen) atoms. The van der Waals surface area contributed by atoms with Crippen LogP contribution in [-0.2, 0) is 20.2 Å². The highest BCUT2D eigenvalue weighted by Gasteiger charge is 2.23. The van der Waals surface area contributed by atoms with Gasteiger partial charge in [0.05, 0.1) is 27.4 Å². The van der Waals surface area contributed by atoms with Crippen molar-refractivity contribution in [1.29, 1.82) is 0 Å². The summed E-state index contributed by atoms with van der Waals surface area (Å²) in [5, 5.41) is 45.8. The number of azo groups is 2. The van der Waals surface area contributed by atoms with Crippen LogP contribution >= 0.6 is 0 Å². The van der Waals surface area contributed by atoms with Crippen LogP contribution in [0.1, 0.15) is 20.7 Å². The minimum Gasteiger partial charge on any atom is -0.505 e. The monoisotopic (exact) mass is 665 g/mol. The number of carboxylic acids is 2. The zero-order valence-corrected chi connectivity index (χ0v) is 24.4. The summed E-state index contributed by atoms with van der Waals surface area (Å²) >= 11 is 0. The molecule has 0 aliphatic rings. The van der Waals surface area contributed by atoms with E-state index in [2.05, 4.69) is 20.5 Å². The van der Waals surface area contributed by atoms with Gasteiger partial charge in [-0.2, -0.15) is 16.8 Å². The lowest BCUT2D eigenvalue weighted by Gasteiger charge is -2.10. The molecule has 7 N–H and O–H groups in total. The Bertz CT molecular complexity index is 2410. The molecule has 0 spiro atoms. The van der Waals surface area contributed by atoms with Crippen LogP contribution in [0.4, 0.5) is 28.4 Å². The smallest absolute Gasteiger partial charge is 0.337 e. The highest BCUT2D eigenvalue weighted by Crippen LogP contribution is 2.43. The van der Waals surface area contributed by atoms with Crippen LogP contribution in [0.5, 0.6) is 5.75 Å². The van der Waals surface area contributed by atoms with Crippen molar-refractivity contribution in [3.8, 4) is 5.75 Å². The molecule has 0 aromatic heterocycles. The van der Waals surface area contributed by atoms with Gasteiger partial charge < -0.3 is 21.1 Å². The van der Waals surface area contributed by atoms with Crippen LogP contribution in [0.3, 0.4) is 0 Å². The number of rotatable bonds is 8. The second kappa shape index (κ2) is 11.6. The molecule has 0 fully saturated rings. The molecule has 16 nitrogen and oxygen atoms in total. The molecule has 5 aromatic carbocycles. The highest BCUT2D eigenvalue weighted by molar-refractivity contribution is 7.86. The summed E-state index contributed by atoms with van der Waals surface area (Å²) < 4.78 is 67.7. The van der Waals surface area contributed by atoms with Gasteiger partial charge in [-0.15, -0.1) is 20.5 Å². The molecule has 0 saturated heterocycles. The van der Waals surface area contributed by atoms with E-state index in [0.717, 1.165) is 36.4 Å². The minimum absolute atomic E-state index is 0.0204. The molecule has 0 heterocycles. The van der Waals surface area contributed by atoms with Crippen molar-refractivity contribution in [3.63, 3.8) is 0 Å². The number of carboxylic acid groups (broad SMARTS) is 2. The number of nitrogens with two attached hydrogens (primary N) is 1. The normalized spacial score (nSPS) is 12.4. The molecule has 18 heteroatoms. The Hall–Kier alpha value is -5.82. The summed E-state index contributed by atoms with van der Waals surface area (Å²) in [5.41, 5.74) is 4.32. The van der Waals surface area contributed by atoms with Gasteiger partial charge in [-0.3, -0.25) is 9.11 Å². The number of phenolic OH excluding ortho intramolecular Hbond substituents is 1. The molecule has 0 radical (unpaired) electrons. The Labute approximate surface area is 258 Å². The zero-order chi connectivity index (χ0) is 33.6. The van der Waals surface area contributed by atoms with Gasteiger partial charge in [-0.1, -0.05) is 12.1 Å². The number of carbonyl (C=O) groups is 2. The van der Waals surface area contributed by atoms with Crippen LogP contribution in [0, 0.1) is 0 Å². The van der Waals surface area contributed by atoms with Crippen molar-refractivity contribution in [3.05, 3.63) is 83.9 Å². The summed E-state index contributed by atoms with van der Waals surface area (Å²) in [5.74, 6) is -3.52. The van der Waals surface area contributed by atoms with Crippen LogP contribution in [0.2, 0.25) is 0 Å². The number of hydrogen-bond donors (Lipinski definition) is 6. The third kappa shape index (κ3) is 6.21. The van der Waals surface area contributed by atoms with Gasteiger partial charge >= 0.3 is 11.9 Å². The fourth-order valence-electron chi connectivity index (χ4n) is 4.42. The average molecular weight is 666 g/mol. The Morgan fingerprint density at radius 2 is 1.26 bits per heavy atom. The van der Waals surface area contributed by atoms with E-state index in [9.17, 15) is 50.8 Å². The quantitative estimate of drug-likeness (QED) is 0.0632. The SMILES string of the molecule is Nc1ccc2cc(S(=O)(=O)O)c(/N=N/c3ccc(/N=N/c4ccc(C(=O)O)cc4C(=O)O)c4ccc(S(=O)(=O)O)cc34)c(O)c2c1. The van der Waals surface area contributed by atoms with Crippen molar-refractivity contribution >= 4 is 82.2 Å². The van der Waals surface area contributed by atoms with Crippen LogP contribution < -0.4 is 5.73 Å². The maximum Gasteiger partial charge on any atom is 0.337 e. The van der Waals surface area contributed by atoms with E-state index in [0.29, 0.717) is 0 Å². The summed E-state index contributed by atoms with van der Waals surface area (Å²) in [6, 6.07) is 14.3. The van der Waals surface area contributed by atoms with E-state index >= 15 is 0 Å². The van der Waals surface area contributed by atoms with Crippen LogP contribution in [0.25, 0.3) is 21.5 Å². The van der Waals surface area contributed by atoms with E-state index < -0.39 is 59.0 Å². The first-order valence-corrected chi connectivity index (χ1v) is 15.4. The fraction of sp³-hybridized carbons (Fsp3) is 0. The van der Waals surface area contributed by atoms with Crippen molar-refractivity contribution in [2.45, 2.75) is 9.79 Å². The standard InChI is InChI=1S/C28H19N5O11S2/c29-15-3-1-13-10-24(46(42,43)44)25(26(34)18(13)11-15)33-32-22-8-7-21(17-5-4-16(12-19(17)22)45(39,40)41)30-31-23-6-2-14(27(35)36)9-20(23)28(37)38/h1-12,34H,29H2,(H,35,36)(H,37,38)(H,39,40,41)(H,42,43,44)/b31-30+,33-32+. The summed E-state index contributed by atoms with van der Waals surface area (Å²) in [6.45, 7) is 0. The van der Waals surface area contributed by atoms with Gasteiger partial charge in [0, 0.05) is 21.8 Å². The molecule has 0 unspecified atom stereocenters. The number of nitrogen functional groups attached to an aromatic ring is 1. The first-order chi connectivity index (χ1) is 21.5. The molecule has 5 aromatic rings. The Morgan fingerprint density at radius 1 is 0.630 bits per heavy atom. The molecule has 5 rings (SSSR count). The average Bonchev–Trinajstić information content (AvgIpc) is 2.98. The molecule has 0 saturated carbocycles. The number of fused-ring (bicyclic) bond motifs is 2. The zero-order valence-electron chi connectivity index (χ0n) is 22.8. The highest BCUT2D eigenvalue weighted by atomic mass is 32.2. The molecule has 0 aliphatic heterocycles. The summed E-state index contributed by atoms with van der Waals surface area (Å²) in [4.78, 5) is 21.6. The molecular formula is C28H19N5O11S2. The van der Waals surface area contributed by atoms with E-state index in [4.69, 9.17) is 5.73 Å². The lowest BCUT2D eigenvalue weighted by molar-refractivity contribution is 0.0696. The number of nitrogens with zero attached hydrogens (tertiary/aromatic N) is 4. The van der Waals surface area contributed by atoms with Crippen molar-refractivity contribution < 1.29 is 50.8 Å². The molecule has 0 aliphatic carbocycles. The first kappa shape index (κ1) is 31.6. The van der Waals surface area contributed by atoms with Gasteiger partial charge in [0.15, 0.2) is 5.75 Å². The van der Waals surface area contributed by atoms with Gasteiger partial charge in [0.2, 0.25) is 0 Å². The minimum atomic E-state index is -4.95. The second-order valence-corrected chi connectivity index (χ2v) is 12.4. The summed E-state index contributed by atoms with van der Waals surface area (Å²) in [7, 11) is -9.68. The lowest BCUT2D eigenvalue weighted by Crippen LogP contribution is -2.02. The topological polar surface area (TPSA) is 279 Å². The molecule has 0 bridgehead atoms. The number of aromatic hydroxyl groups is 1. The van der Waals surface area contributed by atoms with Crippen molar-refractivity contribution in [2.24, 2.45) is 20.5 Å². The third-order valence-corrected chi connectivity index (χ3v) is 8.31. The van der Waals surface area contributed by atoms with Crippen LogP contribution in [0.15, 0.2) is 103 Å². The maximum atomic E-state index is 12.2. The van der Waals surface area contributed by atoms with Crippen molar-refractivity contribution in [2.75, 3.05) is 5.73 Å². The van der Waals surface area contributed by atoms with Gasteiger partial charge in [-0.25, -0.2) is 9.59 Å². The molecule has 0 amide bonds. The summed E-state index contributed by atoms with van der Waals surface area (Å²) in [6.07, 6.45) is 0. The number of phenols is 1. The predicted molar refractivity (Wildman–Crippen MR) is 162 cm³/mol. The molecular weight excluding hydrogens is 646 g/mol. The van der Waals surface area contributed by atoms with Gasteiger partial charge in [0.25, 0.3) is 20.2 Å². The second-order valence-electron chi connectivity index (χ2n) is 9.56. The van der Waals surface area contributed by atoms with Crippen molar-refractivity contribution in [1.82, 2.24) is 0 Å².